The fraction of sp³-hybridized carbons (Fsp3) is 0.0250. The quantitative estimate of drug-likeness (QED) is 0.164. The first-order valence-electron chi connectivity index (χ1n) is 30.1. The molecule has 6 heterocycles. The molecule has 21 rings (SSSR count). The zero-order chi connectivity index (χ0) is 55.7. The van der Waals surface area contributed by atoms with Crippen molar-refractivity contribution in [1.82, 2.24) is 9.13 Å². The number of rotatable bonds is 4. The van der Waals surface area contributed by atoms with E-state index in [-0.39, 0.29) is 13.4 Å². The SMILES string of the molecule is c1ccc(C2(c3ccccc3)c3ccccc3-c3ccc4c(c32)c2cccc3c2n4-c2cccc4c2B3c2cc3c(cc2O4)Oc2cccc4c2B3c2cccc3c5c6c(ccc5n-4c23)-c2ccccc2C6(c2ccccc2)c2ccccc2)cc1. The lowest BCUT2D eigenvalue weighted by atomic mass is 9.31. The van der Waals surface area contributed by atoms with E-state index < -0.39 is 10.8 Å². The molecule has 0 radical (unpaired) electrons. The summed E-state index contributed by atoms with van der Waals surface area (Å²) in [5.74, 6) is 3.42. The molecule has 6 heteroatoms. The summed E-state index contributed by atoms with van der Waals surface area (Å²) in [5.41, 5.74) is 28.7. The van der Waals surface area contributed by atoms with Gasteiger partial charge >= 0.3 is 0 Å². The van der Waals surface area contributed by atoms with Crippen LogP contribution in [0.4, 0.5) is 0 Å². The first-order valence-corrected chi connectivity index (χ1v) is 30.1. The monoisotopic (exact) mass is 1090 g/mol. The van der Waals surface area contributed by atoms with E-state index >= 15 is 0 Å². The molecule has 0 spiro atoms. The van der Waals surface area contributed by atoms with E-state index in [4.69, 9.17) is 9.47 Å². The predicted octanol–water partition coefficient (Wildman–Crippen LogP) is 14.5. The Balaban J connectivity index is 0.815. The average Bonchev–Trinajstić information content (AvgIpc) is 1.63. The van der Waals surface area contributed by atoms with Gasteiger partial charge in [-0.2, -0.15) is 0 Å². The average molecular weight is 1090 g/mol. The minimum absolute atomic E-state index is 0.121. The Bertz CT molecular complexity index is 5130. The van der Waals surface area contributed by atoms with Crippen molar-refractivity contribution in [1.29, 1.82) is 0 Å². The van der Waals surface area contributed by atoms with Crippen LogP contribution in [0.2, 0.25) is 0 Å². The third kappa shape index (κ3) is 5.26. The number of para-hydroxylation sites is 2. The molecule has 0 saturated heterocycles. The number of nitrogens with zero attached hydrogens (tertiary/aromatic N) is 2. The zero-order valence-corrected chi connectivity index (χ0v) is 46.4. The van der Waals surface area contributed by atoms with Crippen molar-refractivity contribution < 1.29 is 9.47 Å². The van der Waals surface area contributed by atoms with Crippen molar-refractivity contribution in [2.24, 2.45) is 0 Å². The van der Waals surface area contributed by atoms with Crippen molar-refractivity contribution >= 4 is 89.8 Å². The Morgan fingerprint density at radius 3 is 1.09 bits per heavy atom. The lowest BCUT2D eigenvalue weighted by Crippen LogP contribution is -2.62. The van der Waals surface area contributed by atoms with Gasteiger partial charge in [-0.05, 0) is 136 Å². The van der Waals surface area contributed by atoms with Gasteiger partial charge in [0.25, 0.3) is 13.4 Å². The van der Waals surface area contributed by atoms with E-state index in [9.17, 15) is 0 Å². The lowest BCUT2D eigenvalue weighted by Gasteiger charge is -2.36. The lowest BCUT2D eigenvalue weighted by molar-refractivity contribution is 0.465. The van der Waals surface area contributed by atoms with Crippen molar-refractivity contribution in [2.75, 3.05) is 0 Å². The molecular weight excluding hydrogens is 1040 g/mol. The molecule has 0 bridgehead atoms. The zero-order valence-electron chi connectivity index (χ0n) is 46.4. The summed E-state index contributed by atoms with van der Waals surface area (Å²) >= 11 is 0. The van der Waals surface area contributed by atoms with Gasteiger partial charge < -0.3 is 18.6 Å². The number of benzene rings is 13. The second-order valence-electron chi connectivity index (χ2n) is 24.4. The van der Waals surface area contributed by atoms with Gasteiger partial charge in [0, 0.05) is 50.0 Å². The predicted molar refractivity (Wildman–Crippen MR) is 352 cm³/mol. The van der Waals surface area contributed by atoms with Gasteiger partial charge in [0.2, 0.25) is 0 Å². The fourth-order valence-electron chi connectivity index (χ4n) is 17.8. The molecule has 86 heavy (non-hydrogen) atoms. The fourth-order valence-corrected chi connectivity index (χ4v) is 17.8. The molecule has 0 N–H and O–H groups in total. The highest BCUT2D eigenvalue weighted by Crippen LogP contribution is 2.61. The second kappa shape index (κ2) is 16.1. The summed E-state index contributed by atoms with van der Waals surface area (Å²) in [5, 5.41) is 5.08. The third-order valence-electron chi connectivity index (χ3n) is 20.8. The minimum Gasteiger partial charge on any atom is -0.458 e. The van der Waals surface area contributed by atoms with Gasteiger partial charge in [0.05, 0.1) is 21.9 Å². The van der Waals surface area contributed by atoms with Crippen LogP contribution in [0.25, 0.3) is 77.2 Å². The summed E-state index contributed by atoms with van der Waals surface area (Å²) in [6, 6.07) is 105. The molecule has 15 aromatic rings. The van der Waals surface area contributed by atoms with Gasteiger partial charge in [-0.3, -0.25) is 0 Å². The standard InChI is InChI=1S/C80H46B2N2O2/c1-5-21-47(22-6-1)79(48-23-7-2-8-24-48)57-33-15-13-29-51(57)53-41-43-63-71(73(53)79)55-31-17-35-59-77(55)83(63)65-37-19-39-67-75(65)81(59)61-45-62-70(46-69(61)85-67)86-68-40-20-38-66-76(68)82(62)60-36-18-32-56-72-64(84(66)78(56)60)44-42-54-52-30-14-16-34-58(52)80(74(54)72,49-25-9-3-10-26-49)50-27-11-4-12-28-50/h1-46H. The summed E-state index contributed by atoms with van der Waals surface area (Å²) in [6.45, 7) is -0.241. The highest BCUT2D eigenvalue weighted by molar-refractivity contribution is 7.02. The number of ether oxygens (including phenoxy) is 2. The van der Waals surface area contributed by atoms with E-state index in [2.05, 4.69) is 288 Å². The van der Waals surface area contributed by atoms with Crippen LogP contribution in [0.1, 0.15) is 44.5 Å². The molecule has 0 saturated carbocycles. The molecule has 13 aromatic carbocycles. The maximum absolute atomic E-state index is 7.27. The molecule has 2 aromatic heterocycles. The second-order valence-corrected chi connectivity index (χ2v) is 24.4. The first kappa shape index (κ1) is 45.7. The van der Waals surface area contributed by atoms with E-state index in [1.165, 1.54) is 132 Å². The van der Waals surface area contributed by atoms with Crippen LogP contribution >= 0.6 is 0 Å². The molecule has 6 aliphatic rings. The normalized spacial score (nSPS) is 14.8. The van der Waals surface area contributed by atoms with Gasteiger partial charge in [-0.1, -0.05) is 237 Å². The Morgan fingerprint density at radius 1 is 0.291 bits per heavy atom. The van der Waals surface area contributed by atoms with Crippen molar-refractivity contribution in [3.63, 3.8) is 0 Å². The number of hydrogen-bond acceptors (Lipinski definition) is 2. The van der Waals surface area contributed by atoms with Crippen molar-refractivity contribution in [3.05, 3.63) is 324 Å². The van der Waals surface area contributed by atoms with Crippen LogP contribution < -0.4 is 42.3 Å². The van der Waals surface area contributed by atoms with E-state index in [1.54, 1.807) is 0 Å². The van der Waals surface area contributed by atoms with E-state index in [0.717, 1.165) is 45.3 Å². The number of hydrogen-bond donors (Lipinski definition) is 0. The molecule has 4 nitrogen and oxygen atoms in total. The summed E-state index contributed by atoms with van der Waals surface area (Å²) in [7, 11) is 0. The summed E-state index contributed by atoms with van der Waals surface area (Å²) < 4.78 is 19.7. The molecule has 0 atom stereocenters. The summed E-state index contributed by atoms with van der Waals surface area (Å²) in [4.78, 5) is 0. The molecule has 2 aliphatic carbocycles. The first-order chi connectivity index (χ1) is 42.7. The van der Waals surface area contributed by atoms with Gasteiger partial charge in [0.15, 0.2) is 0 Å². The Morgan fingerprint density at radius 2 is 0.674 bits per heavy atom. The topological polar surface area (TPSA) is 28.3 Å². The van der Waals surface area contributed by atoms with Crippen LogP contribution in [0.15, 0.2) is 279 Å². The van der Waals surface area contributed by atoms with E-state index in [0.29, 0.717) is 0 Å². The van der Waals surface area contributed by atoms with E-state index in [1.807, 2.05) is 0 Å². The van der Waals surface area contributed by atoms with Crippen LogP contribution in [-0.2, 0) is 10.8 Å². The highest BCUT2D eigenvalue weighted by atomic mass is 16.5. The maximum Gasteiger partial charge on any atom is 0.256 e. The molecule has 4 aliphatic heterocycles. The molecule has 0 fully saturated rings. The number of aromatic nitrogens is 2. The Hall–Kier alpha value is -10.8. The highest BCUT2D eigenvalue weighted by Gasteiger charge is 2.52. The van der Waals surface area contributed by atoms with Crippen LogP contribution in [-0.4, -0.2) is 22.6 Å². The maximum atomic E-state index is 7.27. The molecule has 0 amide bonds. The Kier molecular flexibility index (Phi) is 8.54. The van der Waals surface area contributed by atoms with Gasteiger partial charge in [0.1, 0.15) is 23.0 Å². The van der Waals surface area contributed by atoms with Crippen LogP contribution in [0, 0.1) is 0 Å². The molecular formula is C80H46B2N2O2. The molecule has 394 valence electrons. The van der Waals surface area contributed by atoms with Crippen molar-refractivity contribution in [2.45, 2.75) is 10.8 Å². The smallest absolute Gasteiger partial charge is 0.256 e. The molecule has 0 unspecified atom stereocenters. The van der Waals surface area contributed by atoms with Crippen molar-refractivity contribution in [3.8, 4) is 56.6 Å². The minimum atomic E-state index is -0.578. The van der Waals surface area contributed by atoms with Gasteiger partial charge in [-0.15, -0.1) is 0 Å². The largest absolute Gasteiger partial charge is 0.458 e. The third-order valence-corrected chi connectivity index (χ3v) is 20.8. The van der Waals surface area contributed by atoms with Crippen LogP contribution in [0.3, 0.4) is 0 Å². The van der Waals surface area contributed by atoms with Crippen LogP contribution in [0.5, 0.6) is 23.0 Å². The number of fused-ring (bicyclic) bond motifs is 22. The summed E-state index contributed by atoms with van der Waals surface area (Å²) in [6.07, 6.45) is 0. The Labute approximate surface area is 496 Å². The van der Waals surface area contributed by atoms with Gasteiger partial charge in [-0.25, -0.2) is 0 Å².